The zero-order valence-electron chi connectivity index (χ0n) is 8.67. The van der Waals surface area contributed by atoms with Gasteiger partial charge in [0, 0.05) is 29.9 Å². The number of rotatable bonds is 2. The van der Waals surface area contributed by atoms with Crippen LogP contribution in [0.2, 0.25) is 0 Å². The molecule has 2 N–H and O–H groups in total. The normalized spacial score (nSPS) is 20.3. The average Bonchev–Trinajstić information content (AvgIpc) is 2.70. The molecule has 2 heteroatoms. The zero-order chi connectivity index (χ0) is 9.69. The molecular formula is C11H18N2. The van der Waals surface area contributed by atoms with Crippen molar-refractivity contribution in [2.45, 2.75) is 37.6 Å². The van der Waals surface area contributed by atoms with Gasteiger partial charge in [-0.25, -0.2) is 0 Å². The molecule has 0 aliphatic heterocycles. The van der Waals surface area contributed by atoms with E-state index in [1.807, 2.05) is 0 Å². The van der Waals surface area contributed by atoms with Gasteiger partial charge < -0.3 is 10.3 Å². The molecule has 0 aromatic carbocycles. The molecule has 1 fully saturated rings. The van der Waals surface area contributed by atoms with Crippen molar-refractivity contribution in [3.8, 4) is 0 Å². The van der Waals surface area contributed by atoms with E-state index in [1.54, 1.807) is 0 Å². The number of hydrogen-bond donors (Lipinski definition) is 1. The monoisotopic (exact) mass is 178 g/mol. The first-order valence-electron chi connectivity index (χ1n) is 4.88. The fraction of sp³-hybridized carbons (Fsp3) is 0.636. The summed E-state index contributed by atoms with van der Waals surface area (Å²) in [5, 5.41) is 0. The van der Waals surface area contributed by atoms with Crippen molar-refractivity contribution in [3.05, 3.63) is 24.0 Å². The van der Waals surface area contributed by atoms with E-state index in [9.17, 15) is 0 Å². The fourth-order valence-corrected chi connectivity index (χ4v) is 2.31. The number of aromatic nitrogens is 1. The van der Waals surface area contributed by atoms with Crippen LogP contribution in [0.1, 0.15) is 32.4 Å². The van der Waals surface area contributed by atoms with E-state index >= 15 is 0 Å². The quantitative estimate of drug-likeness (QED) is 0.735. The lowest BCUT2D eigenvalue weighted by Crippen LogP contribution is -2.46. The van der Waals surface area contributed by atoms with Gasteiger partial charge in [-0.3, -0.25) is 0 Å². The second kappa shape index (κ2) is 2.38. The van der Waals surface area contributed by atoms with Crippen LogP contribution < -0.4 is 5.73 Å². The van der Waals surface area contributed by atoms with Crippen LogP contribution in [0.4, 0.5) is 0 Å². The molecule has 0 saturated heterocycles. The highest BCUT2D eigenvalue weighted by atomic mass is 15.0. The predicted octanol–water partition coefficient (Wildman–Crippen LogP) is 1.79. The molecule has 2 rings (SSSR count). The van der Waals surface area contributed by atoms with Crippen LogP contribution in [0, 0.1) is 0 Å². The Labute approximate surface area is 79.7 Å². The summed E-state index contributed by atoms with van der Waals surface area (Å²) in [5.41, 5.74) is 7.75. The molecule has 0 spiro atoms. The van der Waals surface area contributed by atoms with Crippen molar-refractivity contribution in [1.82, 2.24) is 4.57 Å². The molecule has 0 atom stereocenters. The summed E-state index contributed by atoms with van der Waals surface area (Å²) in [7, 11) is 2.10. The van der Waals surface area contributed by atoms with Crippen molar-refractivity contribution in [2.75, 3.05) is 0 Å². The minimum absolute atomic E-state index is 0.0981. The van der Waals surface area contributed by atoms with E-state index in [1.165, 1.54) is 18.5 Å². The van der Waals surface area contributed by atoms with Crippen LogP contribution in [-0.2, 0) is 12.5 Å². The predicted molar refractivity (Wildman–Crippen MR) is 54.6 cm³/mol. The number of nitrogens with zero attached hydrogens (tertiary/aromatic N) is 1. The Hall–Kier alpha value is -0.760. The maximum Gasteiger partial charge on any atom is 0.0281 e. The van der Waals surface area contributed by atoms with Gasteiger partial charge in [0.05, 0.1) is 0 Å². The Morgan fingerprint density at radius 2 is 2.08 bits per heavy atom. The van der Waals surface area contributed by atoms with Crippen molar-refractivity contribution >= 4 is 0 Å². The van der Waals surface area contributed by atoms with Crippen molar-refractivity contribution in [2.24, 2.45) is 12.8 Å². The van der Waals surface area contributed by atoms with E-state index in [2.05, 4.69) is 43.8 Å². The van der Waals surface area contributed by atoms with Crippen LogP contribution in [0.3, 0.4) is 0 Å². The van der Waals surface area contributed by atoms with Gasteiger partial charge in [-0.15, -0.1) is 0 Å². The summed E-state index contributed by atoms with van der Waals surface area (Å²) < 4.78 is 2.20. The Kier molecular flexibility index (Phi) is 1.62. The van der Waals surface area contributed by atoms with Gasteiger partial charge in [0.15, 0.2) is 0 Å². The second-order valence-corrected chi connectivity index (χ2v) is 4.81. The summed E-state index contributed by atoms with van der Waals surface area (Å²) in [5.74, 6) is 0. The van der Waals surface area contributed by atoms with Crippen molar-refractivity contribution in [3.63, 3.8) is 0 Å². The number of aryl methyl sites for hydroxylation is 1. The Bertz CT molecular complexity index is 313. The Morgan fingerprint density at radius 3 is 2.38 bits per heavy atom. The summed E-state index contributed by atoms with van der Waals surface area (Å²) in [4.78, 5) is 0. The van der Waals surface area contributed by atoms with Crippen LogP contribution in [0.15, 0.2) is 18.3 Å². The first-order valence-corrected chi connectivity index (χ1v) is 4.88. The molecule has 0 bridgehead atoms. The Balaban J connectivity index is 2.42. The fourth-order valence-electron chi connectivity index (χ4n) is 2.31. The van der Waals surface area contributed by atoms with Crippen LogP contribution in [-0.4, -0.2) is 10.1 Å². The molecule has 13 heavy (non-hydrogen) atoms. The molecule has 72 valence electrons. The minimum atomic E-state index is -0.0981. The first kappa shape index (κ1) is 8.82. The lowest BCUT2D eigenvalue weighted by molar-refractivity contribution is 0.376. The lowest BCUT2D eigenvalue weighted by atomic mass is 9.82. The second-order valence-electron chi connectivity index (χ2n) is 4.81. The van der Waals surface area contributed by atoms with E-state index in [-0.39, 0.29) is 11.0 Å². The molecule has 2 nitrogen and oxygen atoms in total. The van der Waals surface area contributed by atoms with Gasteiger partial charge in [-0.05, 0) is 38.8 Å². The summed E-state index contributed by atoms with van der Waals surface area (Å²) in [6.07, 6.45) is 4.56. The average molecular weight is 178 g/mol. The highest BCUT2D eigenvalue weighted by Gasteiger charge is 2.54. The van der Waals surface area contributed by atoms with E-state index < -0.39 is 0 Å². The zero-order valence-corrected chi connectivity index (χ0v) is 8.67. The van der Waals surface area contributed by atoms with Crippen LogP contribution >= 0.6 is 0 Å². The Morgan fingerprint density at radius 1 is 1.46 bits per heavy atom. The van der Waals surface area contributed by atoms with Crippen LogP contribution in [0.5, 0.6) is 0 Å². The van der Waals surface area contributed by atoms with E-state index in [0.717, 1.165) is 0 Å². The SMILES string of the molecule is Cn1cccc1C1(C(C)(C)N)CC1. The number of nitrogens with two attached hydrogens (primary N) is 1. The minimum Gasteiger partial charge on any atom is -0.354 e. The molecule has 0 unspecified atom stereocenters. The summed E-state index contributed by atoms with van der Waals surface area (Å²) >= 11 is 0. The lowest BCUT2D eigenvalue weighted by Gasteiger charge is -2.31. The standard InChI is InChI=1S/C11H18N2/c1-10(2,12)11(6-7-11)9-5-4-8-13(9)3/h4-5,8H,6-7,12H2,1-3H3. The molecule has 0 amide bonds. The topological polar surface area (TPSA) is 30.9 Å². The largest absolute Gasteiger partial charge is 0.354 e. The van der Waals surface area contributed by atoms with Gasteiger partial charge in [-0.2, -0.15) is 0 Å². The molecule has 0 radical (unpaired) electrons. The van der Waals surface area contributed by atoms with E-state index in [0.29, 0.717) is 0 Å². The van der Waals surface area contributed by atoms with Crippen molar-refractivity contribution < 1.29 is 0 Å². The van der Waals surface area contributed by atoms with Gasteiger partial charge in [0.25, 0.3) is 0 Å². The molecule has 1 aromatic rings. The highest BCUT2D eigenvalue weighted by molar-refractivity contribution is 5.32. The first-order chi connectivity index (χ1) is 5.97. The van der Waals surface area contributed by atoms with Crippen LogP contribution in [0.25, 0.3) is 0 Å². The molecule has 1 aliphatic rings. The third kappa shape index (κ3) is 1.12. The third-order valence-electron chi connectivity index (χ3n) is 3.42. The van der Waals surface area contributed by atoms with Gasteiger partial charge in [0.1, 0.15) is 0 Å². The van der Waals surface area contributed by atoms with Gasteiger partial charge in [-0.1, -0.05) is 0 Å². The number of hydrogen-bond acceptors (Lipinski definition) is 1. The molecule has 1 aliphatic carbocycles. The molecular weight excluding hydrogens is 160 g/mol. The third-order valence-corrected chi connectivity index (χ3v) is 3.42. The highest BCUT2D eigenvalue weighted by Crippen LogP contribution is 2.54. The molecule has 1 heterocycles. The summed E-state index contributed by atoms with van der Waals surface area (Å²) in [6.45, 7) is 4.26. The smallest absolute Gasteiger partial charge is 0.0281 e. The molecule has 1 saturated carbocycles. The van der Waals surface area contributed by atoms with Gasteiger partial charge in [0.2, 0.25) is 0 Å². The maximum atomic E-state index is 6.22. The van der Waals surface area contributed by atoms with E-state index in [4.69, 9.17) is 5.73 Å². The molecule has 1 aromatic heterocycles. The van der Waals surface area contributed by atoms with Crippen molar-refractivity contribution in [1.29, 1.82) is 0 Å². The van der Waals surface area contributed by atoms with Gasteiger partial charge >= 0.3 is 0 Å². The maximum absolute atomic E-state index is 6.22. The summed E-state index contributed by atoms with van der Waals surface area (Å²) in [6, 6.07) is 4.29.